The van der Waals surface area contributed by atoms with E-state index in [1.807, 2.05) is 30.3 Å². The van der Waals surface area contributed by atoms with E-state index in [0.717, 1.165) is 60.2 Å². The lowest BCUT2D eigenvalue weighted by Crippen LogP contribution is -2.06. The molecule has 5 heterocycles. The van der Waals surface area contributed by atoms with Crippen LogP contribution in [0.3, 0.4) is 0 Å². The van der Waals surface area contributed by atoms with Gasteiger partial charge >= 0.3 is 0 Å². The molecule has 0 bridgehead atoms. The highest BCUT2D eigenvalue weighted by molar-refractivity contribution is 7.25. The van der Waals surface area contributed by atoms with E-state index < -0.39 is 0 Å². The zero-order chi connectivity index (χ0) is 33.5. The lowest BCUT2D eigenvalue weighted by molar-refractivity contribution is 0.654. The lowest BCUT2D eigenvalue weighted by Gasteiger charge is -2.12. The van der Waals surface area contributed by atoms with Gasteiger partial charge in [0, 0.05) is 53.7 Å². The van der Waals surface area contributed by atoms with Gasteiger partial charge in [-0.15, -0.1) is 11.3 Å². The van der Waals surface area contributed by atoms with Gasteiger partial charge in [-0.05, 0) is 53.6 Å². The average Bonchev–Trinajstić information content (AvgIpc) is 3.87. The number of hydrogen-bond acceptors (Lipinski definition) is 6. The van der Waals surface area contributed by atoms with Crippen molar-refractivity contribution in [2.45, 2.75) is 0 Å². The molecule has 0 radical (unpaired) electrons. The molecule has 6 aromatic carbocycles. The van der Waals surface area contributed by atoms with E-state index in [9.17, 15) is 0 Å². The molecule has 0 N–H and O–H groups in total. The first kappa shape index (κ1) is 28.2. The summed E-state index contributed by atoms with van der Waals surface area (Å²) < 4.78 is 10.8. The van der Waals surface area contributed by atoms with Crippen LogP contribution in [0.1, 0.15) is 0 Å². The number of nitrogens with zero attached hydrogens (tertiary/aromatic N) is 5. The van der Waals surface area contributed by atoms with Crippen LogP contribution in [0.2, 0.25) is 0 Å². The zero-order valence-corrected chi connectivity index (χ0v) is 27.8. The number of benzene rings is 6. The number of furan rings is 1. The third-order valence-electron chi connectivity index (χ3n) is 9.77. The van der Waals surface area contributed by atoms with Crippen LogP contribution in [0.25, 0.3) is 104 Å². The molecule has 11 aromatic rings. The van der Waals surface area contributed by atoms with Gasteiger partial charge in [0.05, 0.1) is 16.4 Å². The maximum Gasteiger partial charge on any atom is 0.238 e. The molecule has 0 unspecified atom stereocenters. The predicted molar refractivity (Wildman–Crippen MR) is 208 cm³/mol. The largest absolute Gasteiger partial charge is 0.438 e. The topological polar surface area (TPSA) is 69.6 Å². The van der Waals surface area contributed by atoms with Gasteiger partial charge in [-0.1, -0.05) is 103 Å². The Morgan fingerprint density at radius 3 is 2.08 bits per heavy atom. The van der Waals surface area contributed by atoms with Gasteiger partial charge in [-0.2, -0.15) is 9.97 Å². The molecule has 0 saturated heterocycles. The van der Waals surface area contributed by atoms with E-state index in [1.54, 1.807) is 17.5 Å². The van der Waals surface area contributed by atoms with Crippen molar-refractivity contribution >= 4 is 75.4 Å². The van der Waals surface area contributed by atoms with E-state index in [2.05, 4.69) is 125 Å². The van der Waals surface area contributed by atoms with Crippen LogP contribution in [0.15, 0.2) is 156 Å². The third kappa shape index (κ3) is 4.28. The minimum Gasteiger partial charge on any atom is -0.438 e. The van der Waals surface area contributed by atoms with E-state index in [-0.39, 0.29) is 0 Å². The van der Waals surface area contributed by atoms with Crippen LogP contribution in [0.4, 0.5) is 0 Å². The van der Waals surface area contributed by atoms with Crippen LogP contribution < -0.4 is 0 Å². The highest BCUT2D eigenvalue weighted by atomic mass is 32.1. The summed E-state index contributed by atoms with van der Waals surface area (Å²) in [4.78, 5) is 20.5. The van der Waals surface area contributed by atoms with Crippen LogP contribution >= 0.6 is 11.3 Å². The third-order valence-corrected chi connectivity index (χ3v) is 10.9. The number of fused-ring (bicyclic) bond motifs is 9. The molecule has 238 valence electrons. The SMILES string of the molecule is c1ccc(-c2ccc3c(c2)c2ccccc2n3-c2nc(-c3ccnc4oc5ccccc5c34)nc(-c3cccc4sc5ccccc5c34)n2)cc1. The fourth-order valence-electron chi connectivity index (χ4n) is 7.50. The number of hydrogen-bond donors (Lipinski definition) is 0. The number of aromatic nitrogens is 5. The first-order chi connectivity index (χ1) is 25.3. The molecule has 0 saturated carbocycles. The van der Waals surface area contributed by atoms with Crippen LogP contribution in [0, 0.1) is 0 Å². The second kappa shape index (κ2) is 10.9. The van der Waals surface area contributed by atoms with Gasteiger partial charge in [-0.3, -0.25) is 4.57 Å². The molecule has 11 rings (SSSR count). The van der Waals surface area contributed by atoms with E-state index >= 15 is 0 Å². The van der Waals surface area contributed by atoms with Crippen LogP contribution in [0.5, 0.6) is 0 Å². The van der Waals surface area contributed by atoms with Crippen molar-refractivity contribution in [3.8, 4) is 39.9 Å². The van der Waals surface area contributed by atoms with Crippen LogP contribution in [-0.2, 0) is 0 Å². The quantitative estimate of drug-likeness (QED) is 0.186. The summed E-state index contributed by atoms with van der Waals surface area (Å²) in [6.07, 6.45) is 1.77. The summed E-state index contributed by atoms with van der Waals surface area (Å²) in [6.45, 7) is 0. The van der Waals surface area contributed by atoms with Gasteiger partial charge < -0.3 is 4.42 Å². The fraction of sp³-hybridized carbons (Fsp3) is 0. The Balaban J connectivity index is 1.24. The zero-order valence-electron chi connectivity index (χ0n) is 27.0. The van der Waals surface area contributed by atoms with Crippen molar-refractivity contribution in [1.29, 1.82) is 0 Å². The van der Waals surface area contributed by atoms with Gasteiger partial charge in [-0.25, -0.2) is 9.97 Å². The molecular weight excluding hydrogens is 647 g/mol. The molecular formula is C44H25N5OS. The van der Waals surface area contributed by atoms with Gasteiger partial charge in [0.25, 0.3) is 0 Å². The summed E-state index contributed by atoms with van der Waals surface area (Å²) in [7, 11) is 0. The summed E-state index contributed by atoms with van der Waals surface area (Å²) in [5, 5.41) is 6.44. The smallest absolute Gasteiger partial charge is 0.238 e. The monoisotopic (exact) mass is 671 g/mol. The van der Waals surface area contributed by atoms with Gasteiger partial charge in [0.1, 0.15) is 5.58 Å². The Kier molecular flexibility index (Phi) is 6.02. The molecule has 5 aromatic heterocycles. The van der Waals surface area contributed by atoms with Crippen molar-refractivity contribution in [1.82, 2.24) is 24.5 Å². The lowest BCUT2D eigenvalue weighted by atomic mass is 10.0. The number of thiophene rings is 1. The number of rotatable bonds is 4. The summed E-state index contributed by atoms with van der Waals surface area (Å²) in [5.74, 6) is 1.70. The van der Waals surface area contributed by atoms with Crippen LogP contribution in [-0.4, -0.2) is 24.5 Å². The van der Waals surface area contributed by atoms with Crippen molar-refractivity contribution in [2.75, 3.05) is 0 Å². The Morgan fingerprint density at radius 2 is 1.20 bits per heavy atom. The second-order valence-corrected chi connectivity index (χ2v) is 13.7. The molecule has 0 fully saturated rings. The molecule has 7 heteroatoms. The maximum absolute atomic E-state index is 6.20. The maximum atomic E-state index is 6.20. The second-order valence-electron chi connectivity index (χ2n) is 12.6. The molecule has 0 atom stereocenters. The molecule has 0 aliphatic carbocycles. The molecule has 0 aliphatic heterocycles. The molecule has 51 heavy (non-hydrogen) atoms. The van der Waals surface area contributed by atoms with Crippen molar-refractivity contribution in [2.24, 2.45) is 0 Å². The first-order valence-corrected chi connectivity index (χ1v) is 17.6. The Labute approximate surface area is 294 Å². The Bertz CT molecular complexity index is 3030. The minimum absolute atomic E-state index is 0.544. The van der Waals surface area contributed by atoms with Gasteiger partial charge in [0.2, 0.25) is 11.7 Å². The van der Waals surface area contributed by atoms with Gasteiger partial charge in [0.15, 0.2) is 11.6 Å². The van der Waals surface area contributed by atoms with E-state index in [1.165, 1.54) is 20.3 Å². The first-order valence-electron chi connectivity index (χ1n) is 16.8. The van der Waals surface area contributed by atoms with Crippen molar-refractivity contribution in [3.63, 3.8) is 0 Å². The highest BCUT2D eigenvalue weighted by Crippen LogP contribution is 2.41. The average molecular weight is 672 g/mol. The molecule has 0 aliphatic rings. The Morgan fingerprint density at radius 1 is 0.490 bits per heavy atom. The normalized spacial score (nSPS) is 11.9. The highest BCUT2D eigenvalue weighted by Gasteiger charge is 2.22. The number of pyridine rings is 1. The fourth-order valence-corrected chi connectivity index (χ4v) is 8.63. The van der Waals surface area contributed by atoms with Crippen molar-refractivity contribution in [3.05, 3.63) is 152 Å². The van der Waals surface area contributed by atoms with Crippen molar-refractivity contribution < 1.29 is 4.42 Å². The standard InChI is InChI=1S/C44H25N5OS/c1-2-11-26(12-3-1)27-21-22-35-33(25-27)28-13-4-7-17-34(28)49(35)44-47-41(31-16-10-20-38-39(31)30-15-6-9-19-37(30)51-38)46-42(48-44)32-23-24-45-43-40(32)29-14-5-8-18-36(29)50-43/h1-25H. The molecule has 6 nitrogen and oxygen atoms in total. The predicted octanol–water partition coefficient (Wildman–Crippen LogP) is 11.6. The molecule has 0 spiro atoms. The number of para-hydroxylation sites is 2. The summed E-state index contributed by atoms with van der Waals surface area (Å²) >= 11 is 1.78. The molecule has 0 amide bonds. The summed E-state index contributed by atoms with van der Waals surface area (Å²) in [6, 6.07) is 50.5. The van der Waals surface area contributed by atoms with E-state index in [0.29, 0.717) is 23.3 Å². The minimum atomic E-state index is 0.544. The van der Waals surface area contributed by atoms with E-state index in [4.69, 9.17) is 19.4 Å². The summed E-state index contributed by atoms with van der Waals surface area (Å²) in [5.41, 5.74) is 7.49. The Hall–Kier alpha value is -6.70.